The summed E-state index contributed by atoms with van der Waals surface area (Å²) in [4.78, 5) is 12.2. The van der Waals surface area contributed by atoms with Crippen molar-refractivity contribution in [1.29, 1.82) is 0 Å². The fraction of sp³-hybridized carbons (Fsp3) is 0.190. The lowest BCUT2D eigenvalue weighted by Crippen LogP contribution is -2.32. The molecule has 3 rings (SSSR count). The lowest BCUT2D eigenvalue weighted by molar-refractivity contribution is -0.121. The van der Waals surface area contributed by atoms with E-state index in [1.54, 1.807) is 37.3 Å². The van der Waals surface area contributed by atoms with Crippen LogP contribution >= 0.6 is 0 Å². The van der Waals surface area contributed by atoms with Crippen LogP contribution in [-0.2, 0) is 14.8 Å². The summed E-state index contributed by atoms with van der Waals surface area (Å²) in [5.74, 6) is -0.636. The van der Waals surface area contributed by atoms with Gasteiger partial charge in [-0.25, -0.2) is 17.5 Å². The van der Waals surface area contributed by atoms with Gasteiger partial charge in [0, 0.05) is 13.0 Å². The van der Waals surface area contributed by atoms with Crippen molar-refractivity contribution in [2.24, 2.45) is 0 Å². The van der Waals surface area contributed by atoms with Gasteiger partial charge in [0.1, 0.15) is 5.82 Å². The van der Waals surface area contributed by atoms with Crippen molar-refractivity contribution < 1.29 is 17.6 Å². The van der Waals surface area contributed by atoms with Gasteiger partial charge in [-0.05, 0) is 47.5 Å². The molecule has 0 heterocycles. The van der Waals surface area contributed by atoms with Gasteiger partial charge in [0.2, 0.25) is 15.9 Å². The van der Waals surface area contributed by atoms with E-state index < -0.39 is 10.0 Å². The second-order valence-electron chi connectivity index (χ2n) is 6.50. The summed E-state index contributed by atoms with van der Waals surface area (Å²) >= 11 is 0. The number of rotatable bonds is 7. The normalized spacial score (nSPS) is 12.6. The Kier molecular flexibility index (Phi) is 6.06. The largest absolute Gasteiger partial charge is 0.350 e. The molecule has 28 heavy (non-hydrogen) atoms. The lowest BCUT2D eigenvalue weighted by Gasteiger charge is -2.14. The number of amides is 1. The van der Waals surface area contributed by atoms with Crippen LogP contribution in [0.3, 0.4) is 0 Å². The maximum atomic E-state index is 13.0. The minimum Gasteiger partial charge on any atom is -0.350 e. The zero-order chi connectivity index (χ0) is 20.1. The first kappa shape index (κ1) is 20.0. The Hall–Kier alpha value is -2.77. The Morgan fingerprint density at radius 1 is 1.00 bits per heavy atom. The van der Waals surface area contributed by atoms with E-state index >= 15 is 0 Å². The first-order chi connectivity index (χ1) is 13.3. The third-order valence-electron chi connectivity index (χ3n) is 4.42. The van der Waals surface area contributed by atoms with Crippen molar-refractivity contribution in [3.63, 3.8) is 0 Å². The van der Waals surface area contributed by atoms with E-state index in [9.17, 15) is 17.6 Å². The molecule has 0 bridgehead atoms. The van der Waals surface area contributed by atoms with Crippen molar-refractivity contribution in [2.75, 3.05) is 6.54 Å². The summed E-state index contributed by atoms with van der Waals surface area (Å²) in [6.45, 7) is 1.77. The molecule has 3 aromatic rings. The minimum atomic E-state index is -3.70. The van der Waals surface area contributed by atoms with Gasteiger partial charge in [-0.2, -0.15) is 0 Å². The summed E-state index contributed by atoms with van der Waals surface area (Å²) in [7, 11) is -3.70. The topological polar surface area (TPSA) is 75.3 Å². The van der Waals surface area contributed by atoms with E-state index in [1.165, 1.54) is 12.1 Å². The third kappa shape index (κ3) is 4.94. The van der Waals surface area contributed by atoms with Crippen LogP contribution in [0.25, 0.3) is 10.8 Å². The average Bonchev–Trinajstić information content (AvgIpc) is 2.68. The molecule has 0 saturated heterocycles. The fourth-order valence-electron chi connectivity index (χ4n) is 2.87. The van der Waals surface area contributed by atoms with Crippen LogP contribution in [0.5, 0.6) is 0 Å². The summed E-state index contributed by atoms with van der Waals surface area (Å²) in [5, 5.41) is 4.55. The second kappa shape index (κ2) is 8.50. The molecule has 1 amide bonds. The van der Waals surface area contributed by atoms with Crippen LogP contribution in [-0.4, -0.2) is 20.9 Å². The van der Waals surface area contributed by atoms with E-state index in [4.69, 9.17) is 0 Å². The van der Waals surface area contributed by atoms with Crippen LogP contribution in [0.4, 0.5) is 4.39 Å². The average molecular weight is 400 g/mol. The van der Waals surface area contributed by atoms with Crippen molar-refractivity contribution in [2.45, 2.75) is 24.3 Å². The molecule has 0 aliphatic carbocycles. The molecule has 0 spiro atoms. The first-order valence-corrected chi connectivity index (χ1v) is 10.4. The fourth-order valence-corrected chi connectivity index (χ4v) is 3.93. The smallest absolute Gasteiger partial charge is 0.240 e. The first-order valence-electron chi connectivity index (χ1n) is 8.88. The molecular formula is C21H21FN2O3S. The van der Waals surface area contributed by atoms with Crippen molar-refractivity contribution in [3.8, 4) is 0 Å². The number of carbonyl (C=O) groups is 1. The third-order valence-corrected chi connectivity index (χ3v) is 5.88. The highest BCUT2D eigenvalue weighted by atomic mass is 32.2. The summed E-state index contributed by atoms with van der Waals surface area (Å²) in [5.41, 5.74) is 0.770. The molecule has 146 valence electrons. The summed E-state index contributed by atoms with van der Waals surface area (Å²) in [6, 6.07) is 17.9. The predicted octanol–water partition coefficient (Wildman–Crippen LogP) is 3.52. The van der Waals surface area contributed by atoms with Gasteiger partial charge in [0.25, 0.3) is 0 Å². The molecule has 1 atom stereocenters. The van der Waals surface area contributed by atoms with E-state index in [0.717, 1.165) is 16.3 Å². The number of carbonyl (C=O) groups excluding carboxylic acids is 1. The molecule has 3 aromatic carbocycles. The van der Waals surface area contributed by atoms with Crippen molar-refractivity contribution in [1.82, 2.24) is 10.0 Å². The molecule has 0 fully saturated rings. The molecule has 0 aromatic heterocycles. The quantitative estimate of drug-likeness (QED) is 0.637. The molecule has 2 N–H and O–H groups in total. The van der Waals surface area contributed by atoms with Crippen molar-refractivity contribution >= 4 is 26.7 Å². The van der Waals surface area contributed by atoms with E-state index in [0.29, 0.717) is 0 Å². The van der Waals surface area contributed by atoms with E-state index in [2.05, 4.69) is 10.0 Å². The predicted molar refractivity (Wildman–Crippen MR) is 107 cm³/mol. The summed E-state index contributed by atoms with van der Waals surface area (Å²) < 4.78 is 40.3. The van der Waals surface area contributed by atoms with Crippen LogP contribution < -0.4 is 10.0 Å². The number of hydrogen-bond donors (Lipinski definition) is 2. The maximum absolute atomic E-state index is 13.0. The van der Waals surface area contributed by atoms with Gasteiger partial charge < -0.3 is 5.32 Å². The highest BCUT2D eigenvalue weighted by Crippen LogP contribution is 2.19. The zero-order valence-corrected chi connectivity index (χ0v) is 16.2. The highest BCUT2D eigenvalue weighted by molar-refractivity contribution is 7.89. The van der Waals surface area contributed by atoms with E-state index in [1.807, 2.05) is 24.3 Å². The standard InChI is InChI=1S/C21H21FN2O3S/c1-15(16-6-9-19(22)10-7-16)24-21(25)12-13-23-28(26,27)20-11-8-17-4-2-3-5-18(17)14-20/h2-11,14-15,23H,12-13H2,1H3,(H,24,25). The van der Waals surface area contributed by atoms with Crippen LogP contribution in [0, 0.1) is 5.82 Å². The maximum Gasteiger partial charge on any atom is 0.240 e. The Labute approximate surface area is 163 Å². The lowest BCUT2D eigenvalue weighted by atomic mass is 10.1. The minimum absolute atomic E-state index is 0.00164. The monoisotopic (exact) mass is 400 g/mol. The van der Waals surface area contributed by atoms with Crippen LogP contribution in [0.15, 0.2) is 71.6 Å². The number of fused-ring (bicyclic) bond motifs is 1. The Morgan fingerprint density at radius 3 is 2.39 bits per heavy atom. The molecule has 1 unspecified atom stereocenters. The van der Waals surface area contributed by atoms with Crippen LogP contribution in [0.2, 0.25) is 0 Å². The highest BCUT2D eigenvalue weighted by Gasteiger charge is 2.15. The number of sulfonamides is 1. The summed E-state index contributed by atoms with van der Waals surface area (Å²) in [6.07, 6.45) is -0.00164. The number of hydrogen-bond acceptors (Lipinski definition) is 3. The van der Waals surface area contributed by atoms with Gasteiger partial charge >= 0.3 is 0 Å². The Balaban J connectivity index is 1.55. The van der Waals surface area contributed by atoms with Gasteiger partial charge in [0.05, 0.1) is 10.9 Å². The molecule has 0 radical (unpaired) electrons. The Bertz CT molecular complexity index is 1080. The number of nitrogens with one attached hydrogen (secondary N) is 2. The number of benzene rings is 3. The van der Waals surface area contributed by atoms with Gasteiger partial charge in [0.15, 0.2) is 0 Å². The SMILES string of the molecule is CC(NC(=O)CCNS(=O)(=O)c1ccc2ccccc2c1)c1ccc(F)cc1. The molecule has 5 nitrogen and oxygen atoms in total. The molecule has 0 aliphatic heterocycles. The Morgan fingerprint density at radius 2 is 1.68 bits per heavy atom. The number of halogens is 1. The zero-order valence-electron chi connectivity index (χ0n) is 15.4. The van der Waals surface area contributed by atoms with Crippen molar-refractivity contribution in [3.05, 3.63) is 78.1 Å². The van der Waals surface area contributed by atoms with Gasteiger partial charge in [-0.1, -0.05) is 42.5 Å². The van der Waals surface area contributed by atoms with E-state index in [-0.39, 0.29) is 35.6 Å². The molecular weight excluding hydrogens is 379 g/mol. The second-order valence-corrected chi connectivity index (χ2v) is 8.26. The molecule has 0 saturated carbocycles. The molecule has 0 aliphatic rings. The van der Waals surface area contributed by atoms with Crippen LogP contribution in [0.1, 0.15) is 24.9 Å². The van der Waals surface area contributed by atoms with Gasteiger partial charge in [-0.15, -0.1) is 0 Å². The van der Waals surface area contributed by atoms with Gasteiger partial charge in [-0.3, -0.25) is 4.79 Å². The molecule has 7 heteroatoms.